The van der Waals surface area contributed by atoms with Crippen LogP contribution in [0.3, 0.4) is 0 Å². The Balaban J connectivity index is 2.56. The van der Waals surface area contributed by atoms with E-state index in [4.69, 9.17) is 0 Å². The maximum absolute atomic E-state index is 12.0. The topological polar surface area (TPSA) is 20.3 Å². The second kappa shape index (κ2) is 4.88. The van der Waals surface area contributed by atoms with E-state index in [9.17, 15) is 4.79 Å². The summed E-state index contributed by atoms with van der Waals surface area (Å²) in [7, 11) is 0. The molecule has 0 aromatic carbocycles. The van der Waals surface area contributed by atoms with Crippen LogP contribution < -0.4 is 0 Å². The zero-order chi connectivity index (χ0) is 10.8. The molecule has 1 atom stereocenters. The van der Waals surface area contributed by atoms with Gasteiger partial charge in [-0.15, -0.1) is 0 Å². The van der Waals surface area contributed by atoms with E-state index in [1.165, 1.54) is 0 Å². The van der Waals surface area contributed by atoms with Crippen molar-refractivity contribution in [2.75, 3.05) is 18.8 Å². The Morgan fingerprint density at radius 2 is 2.29 bits per heavy atom. The molecule has 1 unspecified atom stereocenters. The highest BCUT2D eigenvalue weighted by Crippen LogP contribution is 2.25. The van der Waals surface area contributed by atoms with Crippen molar-refractivity contribution in [1.29, 1.82) is 0 Å². The molecule has 0 aliphatic carbocycles. The second-order valence-electron chi connectivity index (χ2n) is 4.12. The van der Waals surface area contributed by atoms with Gasteiger partial charge in [-0.05, 0) is 20.3 Å². The van der Waals surface area contributed by atoms with Crippen LogP contribution in [-0.4, -0.2) is 39.2 Å². The summed E-state index contributed by atoms with van der Waals surface area (Å²) >= 11 is 5.41. The molecule has 1 rings (SSSR count). The summed E-state index contributed by atoms with van der Waals surface area (Å²) in [6.07, 6.45) is 1.15. The number of halogens is 1. The van der Waals surface area contributed by atoms with Crippen molar-refractivity contribution >= 4 is 33.6 Å². The Kier molecular flexibility index (Phi) is 4.31. The van der Waals surface area contributed by atoms with Crippen molar-refractivity contribution in [3.05, 3.63) is 0 Å². The van der Waals surface area contributed by atoms with Gasteiger partial charge in [-0.3, -0.25) is 4.79 Å². The molecule has 2 nitrogen and oxygen atoms in total. The van der Waals surface area contributed by atoms with E-state index in [0.29, 0.717) is 5.25 Å². The molecule has 14 heavy (non-hydrogen) atoms. The first-order valence-electron chi connectivity index (χ1n) is 5.05. The number of thioether (sulfide) groups is 1. The van der Waals surface area contributed by atoms with E-state index >= 15 is 0 Å². The fourth-order valence-electron chi connectivity index (χ4n) is 1.53. The maximum Gasteiger partial charge on any atom is 0.238 e. The first kappa shape index (κ1) is 12.4. The molecule has 0 saturated carbocycles. The first-order valence-corrected chi connectivity index (χ1v) is 6.89. The smallest absolute Gasteiger partial charge is 0.238 e. The van der Waals surface area contributed by atoms with Gasteiger partial charge in [-0.1, -0.05) is 22.9 Å². The van der Waals surface area contributed by atoms with Crippen molar-refractivity contribution in [2.24, 2.45) is 0 Å². The summed E-state index contributed by atoms with van der Waals surface area (Å²) in [5.74, 6) is 1.30. The highest BCUT2D eigenvalue weighted by molar-refractivity contribution is 9.10. The monoisotopic (exact) mass is 279 g/mol. The number of hydrogen-bond donors (Lipinski definition) is 0. The molecule has 1 amide bonds. The van der Waals surface area contributed by atoms with Crippen LogP contribution >= 0.6 is 27.7 Å². The zero-order valence-electron chi connectivity index (χ0n) is 9.05. The van der Waals surface area contributed by atoms with Crippen LogP contribution in [0.25, 0.3) is 0 Å². The molecular formula is C10H18BrNOS. The Morgan fingerprint density at radius 3 is 2.79 bits per heavy atom. The lowest BCUT2D eigenvalue weighted by Crippen LogP contribution is -2.48. The van der Waals surface area contributed by atoms with Gasteiger partial charge >= 0.3 is 0 Å². The molecule has 4 heteroatoms. The van der Waals surface area contributed by atoms with Gasteiger partial charge in [-0.25, -0.2) is 0 Å². The number of carbonyl (C=O) groups excluding carboxylic acids is 1. The first-order chi connectivity index (χ1) is 6.45. The lowest BCUT2D eigenvalue weighted by atomic mass is 10.1. The minimum Gasteiger partial charge on any atom is -0.340 e. The molecule has 1 saturated heterocycles. The lowest BCUT2D eigenvalue weighted by molar-refractivity contribution is -0.132. The number of hydrogen-bond acceptors (Lipinski definition) is 2. The molecule has 0 bridgehead atoms. The Labute approximate surface area is 98.9 Å². The highest BCUT2D eigenvalue weighted by atomic mass is 79.9. The van der Waals surface area contributed by atoms with Crippen molar-refractivity contribution in [3.8, 4) is 0 Å². The second-order valence-corrected chi connectivity index (χ2v) is 7.52. The molecule has 1 aliphatic rings. The van der Waals surface area contributed by atoms with Gasteiger partial charge in [0.15, 0.2) is 0 Å². The zero-order valence-corrected chi connectivity index (χ0v) is 11.4. The Hall–Kier alpha value is 0.300. The molecule has 0 spiro atoms. The predicted molar refractivity (Wildman–Crippen MR) is 66.1 cm³/mol. The standard InChI is InChI=1S/C10H18BrNOS/c1-4-8-7-12(5-6-14-8)9(13)10(2,3)11/h8H,4-7H2,1-3H3. The Morgan fingerprint density at radius 1 is 1.64 bits per heavy atom. The van der Waals surface area contributed by atoms with Gasteiger partial charge in [0.05, 0.1) is 4.32 Å². The number of alkyl halides is 1. The quantitative estimate of drug-likeness (QED) is 0.724. The average molecular weight is 280 g/mol. The maximum atomic E-state index is 12.0. The fourth-order valence-corrected chi connectivity index (χ4v) is 2.96. The summed E-state index contributed by atoms with van der Waals surface area (Å²) in [6.45, 7) is 7.82. The fraction of sp³-hybridized carbons (Fsp3) is 0.900. The average Bonchev–Trinajstić information content (AvgIpc) is 2.15. The number of carbonyl (C=O) groups is 1. The number of amides is 1. The van der Waals surface area contributed by atoms with Crippen molar-refractivity contribution in [2.45, 2.75) is 36.8 Å². The van der Waals surface area contributed by atoms with E-state index in [0.717, 1.165) is 25.3 Å². The van der Waals surface area contributed by atoms with E-state index < -0.39 is 4.32 Å². The molecule has 0 radical (unpaired) electrons. The van der Waals surface area contributed by atoms with Crippen molar-refractivity contribution in [1.82, 2.24) is 4.90 Å². The van der Waals surface area contributed by atoms with Gasteiger partial charge in [0.25, 0.3) is 0 Å². The van der Waals surface area contributed by atoms with E-state index in [1.54, 1.807) is 0 Å². The predicted octanol–water partition coefficient (Wildman–Crippen LogP) is 2.51. The lowest BCUT2D eigenvalue weighted by Gasteiger charge is -2.35. The van der Waals surface area contributed by atoms with Crippen LogP contribution in [0.4, 0.5) is 0 Å². The third-order valence-corrected chi connectivity index (χ3v) is 4.10. The van der Waals surface area contributed by atoms with Crippen LogP contribution in [0, 0.1) is 0 Å². The van der Waals surface area contributed by atoms with Crippen LogP contribution in [0.2, 0.25) is 0 Å². The van der Waals surface area contributed by atoms with Crippen molar-refractivity contribution < 1.29 is 4.79 Å². The van der Waals surface area contributed by atoms with Crippen LogP contribution in [0.5, 0.6) is 0 Å². The summed E-state index contributed by atoms with van der Waals surface area (Å²) < 4.78 is -0.409. The number of rotatable bonds is 2. The summed E-state index contributed by atoms with van der Waals surface area (Å²) in [6, 6.07) is 0. The molecule has 0 aromatic rings. The summed E-state index contributed by atoms with van der Waals surface area (Å²) in [4.78, 5) is 13.9. The minimum atomic E-state index is -0.409. The van der Waals surface area contributed by atoms with E-state index in [-0.39, 0.29) is 5.91 Å². The third-order valence-electron chi connectivity index (χ3n) is 2.39. The van der Waals surface area contributed by atoms with Crippen LogP contribution in [-0.2, 0) is 4.79 Å². The third kappa shape index (κ3) is 3.16. The van der Waals surface area contributed by atoms with Gasteiger partial charge in [0, 0.05) is 24.1 Å². The highest BCUT2D eigenvalue weighted by Gasteiger charge is 2.31. The van der Waals surface area contributed by atoms with Crippen LogP contribution in [0.1, 0.15) is 27.2 Å². The molecule has 1 heterocycles. The molecule has 1 aliphatic heterocycles. The summed E-state index contributed by atoms with van der Waals surface area (Å²) in [5.41, 5.74) is 0. The van der Waals surface area contributed by atoms with Gasteiger partial charge in [-0.2, -0.15) is 11.8 Å². The Bertz CT molecular complexity index is 215. The molecule has 82 valence electrons. The molecule has 0 aromatic heterocycles. The van der Waals surface area contributed by atoms with E-state index in [2.05, 4.69) is 22.9 Å². The molecule has 1 fully saturated rings. The van der Waals surface area contributed by atoms with Crippen molar-refractivity contribution in [3.63, 3.8) is 0 Å². The molecular weight excluding hydrogens is 262 g/mol. The largest absolute Gasteiger partial charge is 0.340 e. The van der Waals surface area contributed by atoms with Crippen LogP contribution in [0.15, 0.2) is 0 Å². The van der Waals surface area contributed by atoms with Gasteiger partial charge in [0.2, 0.25) is 5.91 Å². The van der Waals surface area contributed by atoms with E-state index in [1.807, 2.05) is 30.5 Å². The van der Waals surface area contributed by atoms with Gasteiger partial charge in [0.1, 0.15) is 0 Å². The molecule has 0 N–H and O–H groups in total. The SMILES string of the molecule is CCC1CN(C(=O)C(C)(C)Br)CCS1. The normalized spacial score (nSPS) is 23.7. The summed E-state index contributed by atoms with van der Waals surface area (Å²) in [5, 5.41) is 0.627. The minimum absolute atomic E-state index is 0.219. The van der Waals surface area contributed by atoms with Gasteiger partial charge < -0.3 is 4.90 Å². The number of nitrogens with zero attached hydrogens (tertiary/aromatic N) is 1.